The van der Waals surface area contributed by atoms with E-state index in [1.54, 1.807) is 6.07 Å². The number of fused-ring (bicyclic) bond motifs is 1. The molecule has 3 aliphatic rings. The highest BCUT2D eigenvalue weighted by molar-refractivity contribution is 7.90. The van der Waals surface area contributed by atoms with E-state index in [0.717, 1.165) is 18.4 Å². The Hall–Kier alpha value is -3.15. The standard InChI is InChI=1S/C30H35F4N3O4S/c1-15-20-14-24(27(38)35-25(16-6-7-16)19-10-8-17(12-22(19)31)30(32,33)34)37(26(15)20)28(39)21-13-18(42(5,40)41)9-11-23(21)36-29(2,3)4/h8-13,15-16,20,24-26,36H,6-7,14H2,1-5H3,(H,35,38)/t15-,20+,24-,25-,26-/m1/s1. The predicted octanol–water partition coefficient (Wildman–Crippen LogP) is 5.57. The molecule has 5 atom stereocenters. The van der Waals surface area contributed by atoms with Gasteiger partial charge in [-0.2, -0.15) is 13.2 Å². The van der Waals surface area contributed by atoms with E-state index in [4.69, 9.17) is 0 Å². The van der Waals surface area contributed by atoms with E-state index in [-0.39, 0.29) is 39.8 Å². The van der Waals surface area contributed by atoms with Gasteiger partial charge in [-0.15, -0.1) is 0 Å². The summed E-state index contributed by atoms with van der Waals surface area (Å²) in [6.45, 7) is 7.68. The van der Waals surface area contributed by atoms with Crippen molar-refractivity contribution >= 4 is 27.3 Å². The van der Waals surface area contributed by atoms with Gasteiger partial charge in [0.25, 0.3) is 5.91 Å². The van der Waals surface area contributed by atoms with E-state index in [1.165, 1.54) is 17.0 Å². The van der Waals surface area contributed by atoms with Crippen LogP contribution in [0.4, 0.5) is 23.2 Å². The minimum atomic E-state index is -4.70. The van der Waals surface area contributed by atoms with Gasteiger partial charge in [0.2, 0.25) is 5.91 Å². The van der Waals surface area contributed by atoms with E-state index in [2.05, 4.69) is 10.6 Å². The maximum atomic E-state index is 14.9. The number of nitrogens with zero attached hydrogens (tertiary/aromatic N) is 1. The molecule has 5 rings (SSSR count). The number of piperidine rings is 1. The van der Waals surface area contributed by atoms with Crippen LogP contribution < -0.4 is 10.6 Å². The third-order valence-electron chi connectivity index (χ3n) is 8.41. The lowest BCUT2D eigenvalue weighted by Crippen LogP contribution is -2.50. The second-order valence-corrected chi connectivity index (χ2v) is 14.9. The van der Waals surface area contributed by atoms with Crippen LogP contribution in [0.1, 0.15) is 74.5 Å². The lowest BCUT2D eigenvalue weighted by molar-refractivity contribution is -0.137. The van der Waals surface area contributed by atoms with Crippen molar-refractivity contribution in [3.05, 3.63) is 58.9 Å². The van der Waals surface area contributed by atoms with Crippen molar-refractivity contribution < 1.29 is 35.6 Å². The molecule has 2 aromatic carbocycles. The summed E-state index contributed by atoms with van der Waals surface area (Å²) in [5, 5.41) is 6.10. The molecule has 2 aliphatic carbocycles. The summed E-state index contributed by atoms with van der Waals surface area (Å²) in [5.74, 6) is -1.97. The minimum absolute atomic E-state index is 0.0224. The fraction of sp³-hybridized carbons (Fsp3) is 0.533. The highest BCUT2D eigenvalue weighted by Crippen LogP contribution is 2.54. The van der Waals surface area contributed by atoms with Crippen LogP contribution in [-0.4, -0.2) is 49.0 Å². The van der Waals surface area contributed by atoms with E-state index in [0.29, 0.717) is 31.0 Å². The Morgan fingerprint density at radius 3 is 2.26 bits per heavy atom. The molecule has 0 spiro atoms. The van der Waals surface area contributed by atoms with Crippen LogP contribution >= 0.6 is 0 Å². The number of halogens is 4. The van der Waals surface area contributed by atoms with E-state index >= 15 is 0 Å². The third-order valence-corrected chi connectivity index (χ3v) is 9.52. The van der Waals surface area contributed by atoms with Crippen molar-refractivity contribution in [1.82, 2.24) is 10.2 Å². The fourth-order valence-electron chi connectivity index (χ4n) is 6.09. The second kappa shape index (κ2) is 10.2. The summed E-state index contributed by atoms with van der Waals surface area (Å²) in [6.07, 6.45) is -1.90. The second-order valence-electron chi connectivity index (χ2n) is 12.9. The number of nitrogens with one attached hydrogen (secondary N) is 2. The Morgan fingerprint density at radius 1 is 1.05 bits per heavy atom. The van der Waals surface area contributed by atoms with Crippen LogP contribution in [0.5, 0.6) is 0 Å². The maximum absolute atomic E-state index is 14.9. The molecule has 1 aliphatic heterocycles. The molecule has 228 valence electrons. The van der Waals surface area contributed by atoms with E-state index in [1.807, 2.05) is 27.7 Å². The first-order valence-corrected chi connectivity index (χ1v) is 15.9. The molecular weight excluding hydrogens is 574 g/mol. The Morgan fingerprint density at radius 2 is 1.71 bits per heavy atom. The van der Waals surface area contributed by atoms with E-state index < -0.39 is 56.8 Å². The van der Waals surface area contributed by atoms with Gasteiger partial charge in [-0.1, -0.05) is 13.0 Å². The van der Waals surface area contributed by atoms with Crippen LogP contribution in [-0.2, 0) is 20.8 Å². The van der Waals surface area contributed by atoms with Gasteiger partial charge in [-0.3, -0.25) is 9.59 Å². The molecule has 1 heterocycles. The van der Waals surface area contributed by atoms with Crippen molar-refractivity contribution in [1.29, 1.82) is 0 Å². The summed E-state index contributed by atoms with van der Waals surface area (Å²) in [6, 6.07) is 4.66. The number of benzene rings is 2. The van der Waals surface area contributed by atoms with Crippen LogP contribution in [0.3, 0.4) is 0 Å². The van der Waals surface area contributed by atoms with Crippen molar-refractivity contribution in [2.45, 2.75) is 81.7 Å². The Bertz CT molecular complexity index is 1530. The lowest BCUT2D eigenvalue weighted by atomic mass is 9.98. The van der Waals surface area contributed by atoms with Crippen LogP contribution in [0.25, 0.3) is 0 Å². The first kappa shape index (κ1) is 30.3. The number of hydrogen-bond acceptors (Lipinski definition) is 5. The molecule has 2 saturated carbocycles. The monoisotopic (exact) mass is 609 g/mol. The third kappa shape index (κ3) is 6.00. The molecule has 42 heavy (non-hydrogen) atoms. The molecule has 12 heteroatoms. The summed E-state index contributed by atoms with van der Waals surface area (Å²) in [4.78, 5) is 29.4. The topological polar surface area (TPSA) is 95.6 Å². The number of rotatable bonds is 7. The molecule has 2 aromatic rings. The zero-order valence-corrected chi connectivity index (χ0v) is 24.9. The average Bonchev–Trinajstić information content (AvgIpc) is 3.77. The fourth-order valence-corrected chi connectivity index (χ4v) is 6.74. The van der Waals surface area contributed by atoms with Gasteiger partial charge in [-0.25, -0.2) is 12.8 Å². The van der Waals surface area contributed by atoms with Crippen molar-refractivity contribution in [3.63, 3.8) is 0 Å². The Balaban J connectivity index is 1.46. The van der Waals surface area contributed by atoms with Gasteiger partial charge < -0.3 is 15.5 Å². The van der Waals surface area contributed by atoms with Gasteiger partial charge in [0.05, 0.1) is 22.1 Å². The van der Waals surface area contributed by atoms with Crippen LogP contribution in [0.2, 0.25) is 0 Å². The summed E-state index contributed by atoms with van der Waals surface area (Å²) in [5.41, 5.74) is -1.04. The number of carbonyl (C=O) groups is 2. The van der Waals surface area contributed by atoms with Gasteiger partial charge in [-0.05, 0) is 88.1 Å². The van der Waals surface area contributed by atoms with Crippen molar-refractivity contribution in [2.24, 2.45) is 17.8 Å². The predicted molar refractivity (Wildman–Crippen MR) is 149 cm³/mol. The number of hydrogen-bond donors (Lipinski definition) is 2. The van der Waals surface area contributed by atoms with Crippen LogP contribution in [0, 0.1) is 23.6 Å². The molecule has 0 bridgehead atoms. The minimum Gasteiger partial charge on any atom is -0.380 e. The highest BCUT2D eigenvalue weighted by atomic mass is 32.2. The Kier molecular flexibility index (Phi) is 7.39. The lowest BCUT2D eigenvalue weighted by Gasteiger charge is -2.31. The summed E-state index contributed by atoms with van der Waals surface area (Å²) < 4.78 is 79.0. The molecule has 3 fully saturated rings. The maximum Gasteiger partial charge on any atom is 0.416 e. The molecule has 0 radical (unpaired) electrons. The van der Waals surface area contributed by atoms with Gasteiger partial charge >= 0.3 is 6.18 Å². The number of anilines is 1. The van der Waals surface area contributed by atoms with Gasteiger partial charge in [0, 0.05) is 29.1 Å². The first-order chi connectivity index (χ1) is 19.4. The number of likely N-dealkylation sites (tertiary alicyclic amines) is 1. The van der Waals surface area contributed by atoms with Crippen molar-refractivity contribution in [2.75, 3.05) is 11.6 Å². The molecule has 7 nitrogen and oxygen atoms in total. The Labute approximate surface area is 243 Å². The molecule has 2 N–H and O–H groups in total. The van der Waals surface area contributed by atoms with E-state index in [9.17, 15) is 35.6 Å². The number of carbonyl (C=O) groups excluding carboxylic acids is 2. The number of sulfone groups is 1. The molecular formula is C30H35F4N3O4S. The smallest absolute Gasteiger partial charge is 0.380 e. The number of amides is 2. The highest BCUT2D eigenvalue weighted by Gasteiger charge is 2.62. The average molecular weight is 610 g/mol. The summed E-state index contributed by atoms with van der Waals surface area (Å²) in [7, 11) is -3.64. The van der Waals surface area contributed by atoms with Gasteiger partial charge in [0.15, 0.2) is 9.84 Å². The molecule has 0 unspecified atom stereocenters. The van der Waals surface area contributed by atoms with Gasteiger partial charge in [0.1, 0.15) is 11.9 Å². The zero-order chi connectivity index (χ0) is 30.9. The quantitative estimate of drug-likeness (QED) is 0.400. The number of alkyl halides is 3. The molecule has 1 saturated heterocycles. The summed E-state index contributed by atoms with van der Waals surface area (Å²) >= 11 is 0. The zero-order valence-electron chi connectivity index (χ0n) is 24.0. The molecule has 0 aromatic heterocycles. The largest absolute Gasteiger partial charge is 0.416 e. The van der Waals surface area contributed by atoms with Crippen molar-refractivity contribution in [3.8, 4) is 0 Å². The molecule has 2 amide bonds. The SMILES string of the molecule is C[C@@H]1[C@@H]2C[C@H](C(=O)N[C@@H](c3ccc(C(F)(F)F)cc3F)C3CC3)N(C(=O)c3cc(S(C)(=O)=O)ccc3NC(C)(C)C)[C@H]12. The van der Waals surface area contributed by atoms with Crippen LogP contribution in [0.15, 0.2) is 41.3 Å². The normalized spacial score (nSPS) is 24.6. The first-order valence-electron chi connectivity index (χ1n) is 14.0.